The summed E-state index contributed by atoms with van der Waals surface area (Å²) in [5, 5.41) is 3.42. The van der Waals surface area contributed by atoms with E-state index in [1.165, 1.54) is 5.56 Å². The molecule has 0 aliphatic rings. The van der Waals surface area contributed by atoms with Crippen molar-refractivity contribution >= 4 is 0 Å². The molecule has 0 fully saturated rings. The molecule has 2 heteroatoms. The van der Waals surface area contributed by atoms with E-state index in [9.17, 15) is 0 Å². The first-order chi connectivity index (χ1) is 8.11. The van der Waals surface area contributed by atoms with Gasteiger partial charge in [-0.05, 0) is 31.9 Å². The van der Waals surface area contributed by atoms with E-state index in [-0.39, 0.29) is 0 Å². The fourth-order valence-electron chi connectivity index (χ4n) is 2.11. The van der Waals surface area contributed by atoms with Crippen LogP contribution in [-0.4, -0.2) is 13.7 Å². The molecule has 0 saturated carbocycles. The second-order valence-electron chi connectivity index (χ2n) is 4.84. The molecule has 2 atom stereocenters. The number of ether oxygens (including phenoxy) is 1. The van der Waals surface area contributed by atoms with Crippen molar-refractivity contribution < 1.29 is 4.74 Å². The maximum absolute atomic E-state index is 5.71. The lowest BCUT2D eigenvalue weighted by Crippen LogP contribution is -2.27. The third-order valence-electron chi connectivity index (χ3n) is 3.44. The number of benzene rings is 1. The van der Waals surface area contributed by atoms with E-state index in [1.807, 2.05) is 20.0 Å². The van der Waals surface area contributed by atoms with Crippen LogP contribution in [0.5, 0.6) is 5.75 Å². The average molecular weight is 235 g/mol. The fourth-order valence-corrected chi connectivity index (χ4v) is 2.11. The predicted octanol–water partition coefficient (Wildman–Crippen LogP) is 3.64. The molecule has 1 aromatic carbocycles. The van der Waals surface area contributed by atoms with Crippen LogP contribution in [-0.2, 0) is 0 Å². The summed E-state index contributed by atoms with van der Waals surface area (Å²) in [6, 6.07) is 8.66. The highest BCUT2D eigenvalue weighted by Crippen LogP contribution is 2.33. The van der Waals surface area contributed by atoms with E-state index in [0.717, 1.165) is 5.75 Å². The first kappa shape index (κ1) is 14.0. The van der Waals surface area contributed by atoms with Gasteiger partial charge in [0.2, 0.25) is 0 Å². The van der Waals surface area contributed by atoms with Crippen LogP contribution >= 0.6 is 0 Å². The summed E-state index contributed by atoms with van der Waals surface area (Å²) in [5.74, 6) is 2.21. The average Bonchev–Trinajstić information content (AvgIpc) is 2.32. The molecule has 0 aliphatic heterocycles. The zero-order chi connectivity index (χ0) is 12.8. The molecule has 1 aromatic rings. The normalized spacial score (nSPS) is 14.7. The molecular weight excluding hydrogens is 210 g/mol. The molecule has 0 bridgehead atoms. The molecule has 0 spiro atoms. The monoisotopic (exact) mass is 235 g/mol. The number of nitrogens with one attached hydrogen (secondary N) is 1. The topological polar surface area (TPSA) is 21.3 Å². The minimum Gasteiger partial charge on any atom is -0.494 e. The second-order valence-corrected chi connectivity index (χ2v) is 4.84. The Labute approximate surface area is 105 Å². The smallest absolute Gasteiger partial charge is 0.124 e. The van der Waals surface area contributed by atoms with Crippen LogP contribution in [0.2, 0.25) is 0 Å². The van der Waals surface area contributed by atoms with Gasteiger partial charge in [0.25, 0.3) is 0 Å². The quantitative estimate of drug-likeness (QED) is 0.813. The summed E-state index contributed by atoms with van der Waals surface area (Å²) in [6.07, 6.45) is 0. The maximum atomic E-state index is 5.71. The highest BCUT2D eigenvalue weighted by molar-refractivity contribution is 5.36. The van der Waals surface area contributed by atoms with Crippen molar-refractivity contribution in [2.24, 2.45) is 11.8 Å². The van der Waals surface area contributed by atoms with Gasteiger partial charge in [0, 0.05) is 11.6 Å². The summed E-state index contributed by atoms with van der Waals surface area (Å²) in [6.45, 7) is 9.55. The van der Waals surface area contributed by atoms with Crippen molar-refractivity contribution in [2.75, 3.05) is 13.7 Å². The van der Waals surface area contributed by atoms with Crippen molar-refractivity contribution in [1.82, 2.24) is 5.32 Å². The van der Waals surface area contributed by atoms with Gasteiger partial charge in [0.15, 0.2) is 0 Å². The van der Waals surface area contributed by atoms with Gasteiger partial charge in [0.1, 0.15) is 5.75 Å². The summed E-state index contributed by atoms with van der Waals surface area (Å²) < 4.78 is 5.71. The molecule has 0 amide bonds. The minimum absolute atomic E-state index is 0.345. The molecule has 0 aromatic heterocycles. The summed E-state index contributed by atoms with van der Waals surface area (Å²) >= 11 is 0. The van der Waals surface area contributed by atoms with E-state index in [0.29, 0.717) is 24.5 Å². The lowest BCUT2D eigenvalue weighted by atomic mass is 9.86. The fraction of sp³-hybridized carbons (Fsp3) is 0.600. The van der Waals surface area contributed by atoms with Crippen LogP contribution in [0.25, 0.3) is 0 Å². The van der Waals surface area contributed by atoms with Crippen LogP contribution in [0.15, 0.2) is 24.3 Å². The van der Waals surface area contributed by atoms with E-state index < -0.39 is 0 Å². The Balaban J connectivity index is 3.02. The van der Waals surface area contributed by atoms with Crippen molar-refractivity contribution in [3.63, 3.8) is 0 Å². The highest BCUT2D eigenvalue weighted by Gasteiger charge is 2.22. The molecule has 2 nitrogen and oxygen atoms in total. The predicted molar refractivity (Wildman–Crippen MR) is 73.4 cm³/mol. The highest BCUT2D eigenvalue weighted by atomic mass is 16.5. The number of hydrogen-bond donors (Lipinski definition) is 1. The lowest BCUT2D eigenvalue weighted by Gasteiger charge is -2.28. The van der Waals surface area contributed by atoms with E-state index in [4.69, 9.17) is 4.74 Å². The SMILES string of the molecule is CCOc1ccccc1C(NC)C(C)C(C)C. The summed E-state index contributed by atoms with van der Waals surface area (Å²) in [4.78, 5) is 0. The van der Waals surface area contributed by atoms with Gasteiger partial charge in [0.05, 0.1) is 6.61 Å². The van der Waals surface area contributed by atoms with E-state index in [1.54, 1.807) is 0 Å². The molecule has 0 heterocycles. The third kappa shape index (κ3) is 3.47. The number of rotatable bonds is 6. The number of hydrogen-bond acceptors (Lipinski definition) is 2. The first-order valence-electron chi connectivity index (χ1n) is 6.50. The zero-order valence-electron chi connectivity index (χ0n) is 11.7. The van der Waals surface area contributed by atoms with Gasteiger partial charge >= 0.3 is 0 Å². The molecular formula is C15H25NO. The largest absolute Gasteiger partial charge is 0.494 e. The molecule has 0 saturated heterocycles. The molecule has 96 valence electrons. The summed E-state index contributed by atoms with van der Waals surface area (Å²) in [5.41, 5.74) is 1.26. The van der Waals surface area contributed by atoms with Gasteiger partial charge in [-0.15, -0.1) is 0 Å². The molecule has 1 N–H and O–H groups in total. The zero-order valence-corrected chi connectivity index (χ0v) is 11.7. The van der Waals surface area contributed by atoms with Gasteiger partial charge in [-0.2, -0.15) is 0 Å². The summed E-state index contributed by atoms with van der Waals surface area (Å²) in [7, 11) is 2.02. The van der Waals surface area contributed by atoms with Crippen LogP contribution in [0, 0.1) is 11.8 Å². The van der Waals surface area contributed by atoms with Crippen molar-refractivity contribution in [2.45, 2.75) is 33.7 Å². The Morgan fingerprint density at radius 3 is 2.35 bits per heavy atom. The first-order valence-corrected chi connectivity index (χ1v) is 6.50. The lowest BCUT2D eigenvalue weighted by molar-refractivity contribution is 0.293. The second kappa shape index (κ2) is 6.65. The Morgan fingerprint density at radius 1 is 1.18 bits per heavy atom. The van der Waals surface area contributed by atoms with Crippen LogP contribution in [0.1, 0.15) is 39.3 Å². The third-order valence-corrected chi connectivity index (χ3v) is 3.44. The standard InChI is InChI=1S/C15H25NO/c1-6-17-14-10-8-7-9-13(14)15(16-5)12(4)11(2)3/h7-12,15-16H,6H2,1-5H3. The molecule has 17 heavy (non-hydrogen) atoms. The Kier molecular flexibility index (Phi) is 5.49. The van der Waals surface area contributed by atoms with Gasteiger partial charge < -0.3 is 10.1 Å². The molecule has 0 radical (unpaired) electrons. The number of para-hydroxylation sites is 1. The molecule has 2 unspecified atom stereocenters. The van der Waals surface area contributed by atoms with Gasteiger partial charge in [-0.1, -0.05) is 39.0 Å². The van der Waals surface area contributed by atoms with Crippen LogP contribution < -0.4 is 10.1 Å². The Bertz CT molecular complexity index is 335. The minimum atomic E-state index is 0.345. The van der Waals surface area contributed by atoms with Crippen molar-refractivity contribution in [3.8, 4) is 5.75 Å². The Hall–Kier alpha value is -1.02. The molecule has 1 rings (SSSR count). The molecule has 0 aliphatic carbocycles. The van der Waals surface area contributed by atoms with E-state index >= 15 is 0 Å². The van der Waals surface area contributed by atoms with E-state index in [2.05, 4.69) is 44.3 Å². The van der Waals surface area contributed by atoms with Crippen LogP contribution in [0.3, 0.4) is 0 Å². The Morgan fingerprint density at radius 2 is 1.82 bits per heavy atom. The van der Waals surface area contributed by atoms with Crippen LogP contribution in [0.4, 0.5) is 0 Å². The van der Waals surface area contributed by atoms with Gasteiger partial charge in [-0.3, -0.25) is 0 Å². The van der Waals surface area contributed by atoms with Crippen molar-refractivity contribution in [3.05, 3.63) is 29.8 Å². The van der Waals surface area contributed by atoms with Gasteiger partial charge in [-0.25, -0.2) is 0 Å². The maximum Gasteiger partial charge on any atom is 0.124 e. The van der Waals surface area contributed by atoms with Crippen molar-refractivity contribution in [1.29, 1.82) is 0 Å².